The lowest BCUT2D eigenvalue weighted by atomic mass is 9.99. The summed E-state index contributed by atoms with van der Waals surface area (Å²) in [6.45, 7) is 0. The van der Waals surface area contributed by atoms with Gasteiger partial charge in [-0.25, -0.2) is 8.78 Å². The van der Waals surface area contributed by atoms with E-state index in [9.17, 15) is 19.4 Å². The van der Waals surface area contributed by atoms with Crippen molar-refractivity contribution in [1.29, 1.82) is 0 Å². The molecule has 0 spiro atoms. The molecule has 0 unspecified atom stereocenters. The molecule has 1 fully saturated rings. The first-order valence-electron chi connectivity index (χ1n) is 9.91. The molecule has 2 heterocycles. The van der Waals surface area contributed by atoms with Crippen molar-refractivity contribution in [1.82, 2.24) is 9.55 Å². The molecule has 2 N–H and O–H groups in total. The summed E-state index contributed by atoms with van der Waals surface area (Å²) in [7, 11) is 0. The Hall–Kier alpha value is -3.74. The molecule has 0 amide bonds. The van der Waals surface area contributed by atoms with Crippen LogP contribution in [0.1, 0.15) is 30.0 Å². The summed E-state index contributed by atoms with van der Waals surface area (Å²) >= 11 is 0. The lowest BCUT2D eigenvalue weighted by molar-refractivity contribution is 0.440. The fourth-order valence-electron chi connectivity index (χ4n) is 3.98. The maximum absolute atomic E-state index is 15.6. The lowest BCUT2D eigenvalue weighted by Crippen LogP contribution is -2.17. The maximum Gasteiger partial charge on any atom is 0.193 e. The first-order chi connectivity index (χ1) is 15.0. The van der Waals surface area contributed by atoms with Crippen LogP contribution in [0.15, 0.2) is 59.8 Å². The van der Waals surface area contributed by atoms with Gasteiger partial charge in [-0.3, -0.25) is 9.78 Å². The molecule has 1 aliphatic rings. The average molecular weight is 420 g/mol. The Bertz CT molecular complexity index is 1360. The molecule has 31 heavy (non-hydrogen) atoms. The number of rotatable bonds is 4. The highest BCUT2D eigenvalue weighted by atomic mass is 19.1. The number of halogens is 2. The first kappa shape index (κ1) is 19.2. The summed E-state index contributed by atoms with van der Waals surface area (Å²) in [4.78, 5) is 17.1. The van der Waals surface area contributed by atoms with Gasteiger partial charge in [-0.1, -0.05) is 6.07 Å². The third kappa shape index (κ3) is 3.22. The zero-order valence-corrected chi connectivity index (χ0v) is 16.3. The number of fused-ring (bicyclic) bond motifs is 1. The maximum atomic E-state index is 15.6. The van der Waals surface area contributed by atoms with Crippen molar-refractivity contribution in [2.75, 3.05) is 0 Å². The quantitative estimate of drug-likeness (QED) is 0.503. The normalized spacial score (nSPS) is 13.6. The molecule has 0 atom stereocenters. The third-order valence-corrected chi connectivity index (χ3v) is 5.68. The standard InChI is InChI=1S/C24H18F2N2O3/c25-18-11-17-23(22(26)21(18)13-6-8-27-9-7-13)28(15-4-5-15)12-14(24(17)31)10-16-19(29)2-1-3-20(16)30/h1-3,6-9,11-12,15,29-30H,4-5,10H2. The van der Waals surface area contributed by atoms with Gasteiger partial charge in [0.25, 0.3) is 0 Å². The number of phenolic OH excluding ortho intramolecular Hbond substituents is 2. The van der Waals surface area contributed by atoms with Gasteiger partial charge < -0.3 is 14.8 Å². The fraction of sp³-hybridized carbons (Fsp3) is 0.167. The highest BCUT2D eigenvalue weighted by molar-refractivity contribution is 5.86. The number of aromatic nitrogens is 2. The zero-order chi connectivity index (χ0) is 21.7. The summed E-state index contributed by atoms with van der Waals surface area (Å²) in [6, 6.07) is 8.42. The van der Waals surface area contributed by atoms with Crippen LogP contribution in [-0.4, -0.2) is 19.8 Å². The van der Waals surface area contributed by atoms with Gasteiger partial charge in [0.1, 0.15) is 17.3 Å². The van der Waals surface area contributed by atoms with Crippen molar-refractivity contribution < 1.29 is 19.0 Å². The molecule has 0 saturated heterocycles. The van der Waals surface area contributed by atoms with Crippen molar-refractivity contribution in [3.05, 3.63) is 88.0 Å². The molecular formula is C24H18F2N2O3. The number of nitrogens with zero attached hydrogens (tertiary/aromatic N) is 2. The van der Waals surface area contributed by atoms with Gasteiger partial charge in [0.05, 0.1) is 16.5 Å². The number of hydrogen-bond acceptors (Lipinski definition) is 4. The number of phenols is 2. The zero-order valence-electron chi connectivity index (χ0n) is 16.3. The van der Waals surface area contributed by atoms with Crippen LogP contribution >= 0.6 is 0 Å². The van der Waals surface area contributed by atoms with Crippen LogP contribution in [0, 0.1) is 11.6 Å². The van der Waals surface area contributed by atoms with E-state index in [1.165, 1.54) is 42.7 Å². The van der Waals surface area contributed by atoms with E-state index in [1.807, 2.05) is 0 Å². The molecular weight excluding hydrogens is 402 g/mol. The molecule has 0 bridgehead atoms. The number of aromatic hydroxyl groups is 2. The molecule has 5 nitrogen and oxygen atoms in total. The Morgan fingerprint density at radius 3 is 2.39 bits per heavy atom. The minimum absolute atomic E-state index is 0.00469. The number of pyridine rings is 2. The van der Waals surface area contributed by atoms with Gasteiger partial charge >= 0.3 is 0 Å². The molecule has 1 saturated carbocycles. The molecule has 0 aliphatic heterocycles. The molecule has 0 radical (unpaired) electrons. The Morgan fingerprint density at radius 2 is 1.74 bits per heavy atom. The van der Waals surface area contributed by atoms with Crippen LogP contribution in [0.5, 0.6) is 11.5 Å². The Kier molecular flexibility index (Phi) is 4.46. The van der Waals surface area contributed by atoms with Gasteiger partial charge in [0, 0.05) is 42.2 Å². The molecule has 2 aromatic carbocycles. The summed E-state index contributed by atoms with van der Waals surface area (Å²) in [5.74, 6) is -1.92. The van der Waals surface area contributed by atoms with Crippen LogP contribution in [-0.2, 0) is 6.42 Å². The SMILES string of the molecule is O=c1c(Cc2c(O)cccc2O)cn(C2CC2)c2c(F)c(-c3ccncc3)c(F)cc12. The van der Waals surface area contributed by atoms with E-state index in [2.05, 4.69) is 4.98 Å². The van der Waals surface area contributed by atoms with Crippen molar-refractivity contribution in [2.45, 2.75) is 25.3 Å². The van der Waals surface area contributed by atoms with Gasteiger partial charge in [0.2, 0.25) is 0 Å². The van der Waals surface area contributed by atoms with Crippen LogP contribution in [0.2, 0.25) is 0 Å². The Balaban J connectivity index is 1.77. The molecule has 7 heteroatoms. The number of hydrogen-bond donors (Lipinski definition) is 2. The second kappa shape index (κ2) is 7.19. The highest BCUT2D eigenvalue weighted by Crippen LogP contribution is 2.40. The van der Waals surface area contributed by atoms with Crippen molar-refractivity contribution in [3.8, 4) is 22.6 Å². The van der Waals surface area contributed by atoms with E-state index in [0.717, 1.165) is 18.9 Å². The minimum Gasteiger partial charge on any atom is -0.508 e. The second-order valence-electron chi connectivity index (χ2n) is 7.75. The summed E-state index contributed by atoms with van der Waals surface area (Å²) < 4.78 is 32.3. The largest absolute Gasteiger partial charge is 0.508 e. The predicted molar refractivity (Wildman–Crippen MR) is 112 cm³/mol. The third-order valence-electron chi connectivity index (χ3n) is 5.68. The monoisotopic (exact) mass is 420 g/mol. The van der Waals surface area contributed by atoms with E-state index in [-0.39, 0.29) is 51.6 Å². The second-order valence-corrected chi connectivity index (χ2v) is 7.75. The smallest absolute Gasteiger partial charge is 0.193 e. The summed E-state index contributed by atoms with van der Waals surface area (Å²) in [5, 5.41) is 20.1. The summed E-state index contributed by atoms with van der Waals surface area (Å²) in [6.07, 6.45) is 6.05. The van der Waals surface area contributed by atoms with E-state index < -0.39 is 17.1 Å². The van der Waals surface area contributed by atoms with Crippen molar-refractivity contribution in [3.63, 3.8) is 0 Å². The molecule has 156 valence electrons. The first-order valence-corrected chi connectivity index (χ1v) is 9.91. The molecule has 2 aromatic heterocycles. The Morgan fingerprint density at radius 1 is 1.06 bits per heavy atom. The molecule has 4 aromatic rings. The van der Waals surface area contributed by atoms with E-state index in [1.54, 1.807) is 10.8 Å². The van der Waals surface area contributed by atoms with E-state index in [4.69, 9.17) is 0 Å². The van der Waals surface area contributed by atoms with E-state index in [0.29, 0.717) is 5.56 Å². The van der Waals surface area contributed by atoms with Crippen molar-refractivity contribution >= 4 is 10.9 Å². The van der Waals surface area contributed by atoms with Crippen LogP contribution < -0.4 is 5.43 Å². The van der Waals surface area contributed by atoms with Gasteiger partial charge in [-0.05, 0) is 48.7 Å². The molecule has 1 aliphatic carbocycles. The Labute approximate surface area is 175 Å². The number of benzene rings is 2. The van der Waals surface area contributed by atoms with Gasteiger partial charge in [0.15, 0.2) is 11.2 Å². The highest BCUT2D eigenvalue weighted by Gasteiger charge is 2.29. The lowest BCUT2D eigenvalue weighted by Gasteiger charge is -2.17. The van der Waals surface area contributed by atoms with Crippen LogP contribution in [0.3, 0.4) is 0 Å². The summed E-state index contributed by atoms with van der Waals surface area (Å²) in [5.41, 5.74) is 0.0987. The van der Waals surface area contributed by atoms with Gasteiger partial charge in [-0.2, -0.15) is 0 Å². The predicted octanol–water partition coefficient (Wildman–Crippen LogP) is 4.68. The topological polar surface area (TPSA) is 75.3 Å². The minimum atomic E-state index is -0.835. The fourth-order valence-corrected chi connectivity index (χ4v) is 3.98. The van der Waals surface area contributed by atoms with Gasteiger partial charge in [-0.15, -0.1) is 0 Å². The van der Waals surface area contributed by atoms with Crippen molar-refractivity contribution in [2.24, 2.45) is 0 Å². The van der Waals surface area contributed by atoms with Crippen LogP contribution in [0.25, 0.3) is 22.0 Å². The van der Waals surface area contributed by atoms with E-state index >= 15 is 4.39 Å². The molecule has 5 rings (SSSR count). The van der Waals surface area contributed by atoms with Crippen LogP contribution in [0.4, 0.5) is 8.78 Å². The average Bonchev–Trinajstić information content (AvgIpc) is 3.59.